The molecule has 9 aromatic rings. The van der Waals surface area contributed by atoms with Crippen LogP contribution in [0.25, 0.3) is 0 Å². The van der Waals surface area contributed by atoms with Gasteiger partial charge in [0.15, 0.2) is 0 Å². The summed E-state index contributed by atoms with van der Waals surface area (Å²) in [6.07, 6.45) is -10.1. The molecule has 0 atom stereocenters. The Bertz CT molecular complexity index is 2910. The molecule has 0 saturated carbocycles. The van der Waals surface area contributed by atoms with Crippen molar-refractivity contribution < 1.29 is 39.9 Å². The van der Waals surface area contributed by atoms with Crippen LogP contribution in [0.1, 0.15) is 72.9 Å². The van der Waals surface area contributed by atoms with Crippen LogP contribution in [0.5, 0.6) is 5.75 Å². The Morgan fingerprint density at radius 1 is 0.355 bits per heavy atom. The topological polar surface area (TPSA) is 27.7 Å². The first-order chi connectivity index (χ1) is 36.4. The van der Waals surface area contributed by atoms with Gasteiger partial charge in [0.05, 0.1) is 0 Å². The Balaban J connectivity index is 1.47. The fourth-order valence-electron chi connectivity index (χ4n) is 10.6. The molecule has 0 aliphatic heterocycles. The van der Waals surface area contributed by atoms with Gasteiger partial charge in [0, 0.05) is 0 Å². The molecule has 0 spiro atoms. The second-order valence-electron chi connectivity index (χ2n) is 19.9. The van der Waals surface area contributed by atoms with Crippen molar-refractivity contribution in [2.24, 2.45) is 0 Å². The van der Waals surface area contributed by atoms with Gasteiger partial charge in [-0.2, -0.15) is 0 Å². The molecular weight excluding hydrogens is 1000 g/mol. The molecule has 9 rings (SSSR count). The predicted molar refractivity (Wildman–Crippen MR) is 304 cm³/mol. The van der Waals surface area contributed by atoms with Crippen molar-refractivity contribution >= 4 is 52.8 Å². The van der Waals surface area contributed by atoms with E-state index in [0.717, 1.165) is 22.3 Å². The van der Waals surface area contributed by atoms with E-state index in [1.54, 1.807) is 0 Å². The van der Waals surface area contributed by atoms with Gasteiger partial charge in [-0.3, -0.25) is 0 Å². The molecular formula is C64H59BF6O3P2. The monoisotopic (exact) mass is 1060 g/mol. The van der Waals surface area contributed by atoms with Crippen LogP contribution in [0, 0.1) is 0 Å². The van der Waals surface area contributed by atoms with Crippen LogP contribution in [0.2, 0.25) is 0 Å². The average molecular weight is 1060 g/mol. The molecule has 12 heteroatoms. The third kappa shape index (κ3) is 10.3. The molecule has 9 aromatic carbocycles. The van der Waals surface area contributed by atoms with Crippen molar-refractivity contribution in [3.05, 3.63) is 282 Å². The zero-order valence-electron chi connectivity index (χ0n) is 42.7. The van der Waals surface area contributed by atoms with E-state index in [1.807, 2.05) is 182 Å². The molecule has 0 aliphatic carbocycles. The predicted octanol–water partition coefficient (Wildman–Crippen LogP) is 15.7. The first kappa shape index (κ1) is 54.0. The summed E-state index contributed by atoms with van der Waals surface area (Å²) in [6.45, 7) is -1.26. The minimum atomic E-state index is -5.20. The maximum absolute atomic E-state index is 15.0. The number of hydrogen-bond donors (Lipinski definition) is 0. The van der Waals surface area contributed by atoms with Gasteiger partial charge in [0.2, 0.25) is 0 Å². The van der Waals surface area contributed by atoms with Crippen molar-refractivity contribution in [3.63, 3.8) is 0 Å². The molecule has 0 aliphatic rings. The summed E-state index contributed by atoms with van der Waals surface area (Å²) < 4.78 is 114. The van der Waals surface area contributed by atoms with Gasteiger partial charge in [-0.25, -0.2) is 0 Å². The van der Waals surface area contributed by atoms with Crippen LogP contribution >= 0.6 is 13.7 Å². The molecule has 0 saturated heterocycles. The third-order valence-corrected chi connectivity index (χ3v) is 26.1. The first-order valence-corrected chi connectivity index (χ1v) is 30.0. The van der Waals surface area contributed by atoms with Crippen molar-refractivity contribution in [3.8, 4) is 5.75 Å². The van der Waals surface area contributed by atoms with E-state index in [9.17, 15) is 0 Å². The van der Waals surface area contributed by atoms with E-state index in [-0.39, 0.29) is 30.2 Å². The van der Waals surface area contributed by atoms with Gasteiger partial charge in [0.25, 0.3) is 0 Å². The molecule has 0 bridgehead atoms. The summed E-state index contributed by atoms with van der Waals surface area (Å²) >= 11 is 0. The summed E-state index contributed by atoms with van der Waals surface area (Å²) in [5.74, 6) is -0.336. The fraction of sp³-hybridized carbons (Fsp3) is 0.156. The SMILES string of the molecule is CC(C)c1ccc(CP(OB(Oc2cc(C(F)(F)F)cc(C(F)(F)F)c2)OP(Cc2ccc(C(C)C)cc2)(c2ccccc2)(c2ccccc2)c2ccccc2)(c2ccccc2)(c2ccccc2)c2ccccc2)cc1. The molecule has 0 fully saturated rings. The molecule has 388 valence electrons. The Labute approximate surface area is 442 Å². The van der Waals surface area contributed by atoms with E-state index in [1.165, 1.54) is 0 Å². The summed E-state index contributed by atoms with van der Waals surface area (Å²) in [4.78, 5) is 0. The van der Waals surface area contributed by atoms with E-state index in [4.69, 9.17) is 13.5 Å². The Morgan fingerprint density at radius 2 is 0.605 bits per heavy atom. The number of hydrogen-bond acceptors (Lipinski definition) is 3. The molecule has 0 unspecified atom stereocenters. The Kier molecular flexibility index (Phi) is 15.4. The van der Waals surface area contributed by atoms with Crippen molar-refractivity contribution in [1.29, 1.82) is 0 Å². The third-order valence-electron chi connectivity index (χ3n) is 14.5. The maximum atomic E-state index is 15.0. The number of rotatable bonds is 18. The van der Waals surface area contributed by atoms with E-state index in [2.05, 4.69) is 76.2 Å². The summed E-state index contributed by atoms with van der Waals surface area (Å²) in [6, 6.07) is 75.8. The average Bonchev–Trinajstić information content (AvgIpc) is 3.45. The van der Waals surface area contributed by atoms with Gasteiger partial charge in [0.1, 0.15) is 0 Å². The van der Waals surface area contributed by atoms with Crippen LogP contribution in [0.15, 0.2) is 249 Å². The van der Waals surface area contributed by atoms with Gasteiger partial charge in [-0.1, -0.05) is 0 Å². The Hall–Kier alpha value is -6.80. The number of alkyl halides is 6. The van der Waals surface area contributed by atoms with Crippen molar-refractivity contribution in [2.45, 2.75) is 64.2 Å². The molecule has 0 radical (unpaired) electrons. The normalized spacial score (nSPS) is 13.4. The second kappa shape index (κ2) is 21.7. The number of halogens is 6. The molecule has 76 heavy (non-hydrogen) atoms. The van der Waals surface area contributed by atoms with E-state index < -0.39 is 50.2 Å². The molecule has 0 heterocycles. The van der Waals surface area contributed by atoms with Gasteiger partial charge in [-0.15, -0.1) is 0 Å². The molecule has 0 amide bonds. The molecule has 3 nitrogen and oxygen atoms in total. The van der Waals surface area contributed by atoms with Crippen LogP contribution in [0.4, 0.5) is 26.3 Å². The molecule has 0 aromatic heterocycles. The minimum absolute atomic E-state index is 0.0983. The standard InChI is InChI=1S/C64H59BF6O3P2/c1-48(2)52-39-35-50(36-40-52)46-75(57-23-11-5-12-24-57,58-25-13-6-14-26-58,59-27-15-7-16-28-59)73-65(72-56-44-54(63(66,67)68)43-55(45-56)64(69,70)71)74-76(60-29-17-8-18-30-60,61-31-19-9-20-32-61,62-33-21-10-22-34-62)47-51-37-41-53(42-38-51)49(3)4/h5-45,48-49H,46-47H2,1-4H3. The van der Waals surface area contributed by atoms with Crippen molar-refractivity contribution in [2.75, 3.05) is 0 Å². The number of benzene rings is 9. The summed E-state index contributed by atoms with van der Waals surface area (Å²) in [7, 11) is -2.08. The zero-order valence-corrected chi connectivity index (χ0v) is 44.5. The fourth-order valence-corrected chi connectivity index (χ4v) is 22.0. The van der Waals surface area contributed by atoms with Gasteiger partial charge in [-0.05, 0) is 0 Å². The van der Waals surface area contributed by atoms with E-state index >= 15 is 26.3 Å². The molecule has 0 N–H and O–H groups in total. The van der Waals surface area contributed by atoms with Crippen LogP contribution < -0.4 is 36.5 Å². The van der Waals surface area contributed by atoms with E-state index in [0.29, 0.717) is 44.0 Å². The van der Waals surface area contributed by atoms with Gasteiger partial charge >= 0.3 is 445 Å². The second-order valence-corrected chi connectivity index (χ2v) is 28.9. The zero-order chi connectivity index (χ0) is 53.7. The van der Waals surface area contributed by atoms with Crippen LogP contribution in [-0.2, 0) is 33.6 Å². The summed E-state index contributed by atoms with van der Waals surface area (Å²) in [5.41, 5.74) is 0.812. The quantitative estimate of drug-likeness (QED) is 0.0487. The first-order valence-electron chi connectivity index (χ1n) is 25.3. The van der Waals surface area contributed by atoms with Crippen LogP contribution in [0.3, 0.4) is 0 Å². The Morgan fingerprint density at radius 3 is 0.829 bits per heavy atom. The van der Waals surface area contributed by atoms with Crippen molar-refractivity contribution in [1.82, 2.24) is 0 Å². The van der Waals surface area contributed by atoms with Crippen LogP contribution in [-0.4, -0.2) is 7.32 Å². The van der Waals surface area contributed by atoms with Gasteiger partial charge < -0.3 is 0 Å². The summed E-state index contributed by atoms with van der Waals surface area (Å²) in [5, 5.41) is 4.25.